The Bertz CT molecular complexity index is 502. The van der Waals surface area contributed by atoms with Crippen molar-refractivity contribution in [3.05, 3.63) is 47.6 Å². The van der Waals surface area contributed by atoms with Gasteiger partial charge < -0.3 is 10.2 Å². The fourth-order valence-electron chi connectivity index (χ4n) is 1.73. The minimum Gasteiger partial charge on any atom is -0.385 e. The average Bonchev–Trinajstić information content (AvgIpc) is 2.64. The van der Waals surface area contributed by atoms with Crippen LogP contribution in [0.5, 0.6) is 0 Å². The van der Waals surface area contributed by atoms with Crippen LogP contribution in [0.2, 0.25) is 0 Å². The Morgan fingerprint density at radius 3 is 2.28 bits per heavy atom. The molecule has 0 aromatic heterocycles. The van der Waals surface area contributed by atoms with Gasteiger partial charge in [0.15, 0.2) is 5.78 Å². The monoisotopic (exact) mass is 262 g/mol. The first kappa shape index (κ1) is 13.1. The van der Waals surface area contributed by atoms with Crippen LogP contribution in [0.25, 0.3) is 6.08 Å². The average molecular weight is 262 g/mol. The summed E-state index contributed by atoms with van der Waals surface area (Å²) in [5, 5.41) is 18.9. The van der Waals surface area contributed by atoms with E-state index in [1.165, 1.54) is 11.0 Å². The molecular weight excluding hydrogens is 248 g/mol. The van der Waals surface area contributed by atoms with Gasteiger partial charge in [-0.3, -0.25) is 4.79 Å². The van der Waals surface area contributed by atoms with Crippen molar-refractivity contribution in [3.63, 3.8) is 0 Å². The lowest BCUT2D eigenvalue weighted by Gasteiger charge is -2.07. The molecule has 0 fully saturated rings. The molecule has 18 heavy (non-hydrogen) atoms. The van der Waals surface area contributed by atoms with Crippen molar-refractivity contribution >= 4 is 23.6 Å². The highest BCUT2D eigenvalue weighted by molar-refractivity contribution is 7.98. The number of aliphatic hydroxyl groups is 2. The number of hydrogen-bond acceptors (Lipinski definition) is 4. The number of aliphatic hydroxyl groups excluding tert-OH is 2. The molecular formula is C14H14O3S. The third-order valence-corrected chi connectivity index (χ3v) is 3.57. The summed E-state index contributed by atoms with van der Waals surface area (Å²) in [5.41, 5.74) is 1.43. The van der Waals surface area contributed by atoms with Gasteiger partial charge in [-0.05, 0) is 35.6 Å². The van der Waals surface area contributed by atoms with Crippen molar-refractivity contribution in [1.82, 2.24) is 0 Å². The van der Waals surface area contributed by atoms with E-state index in [1.807, 2.05) is 36.6 Å². The van der Waals surface area contributed by atoms with E-state index in [4.69, 9.17) is 0 Å². The third-order valence-electron chi connectivity index (χ3n) is 2.83. The smallest absolute Gasteiger partial charge is 0.187 e. The Kier molecular flexibility index (Phi) is 4.01. The zero-order valence-corrected chi connectivity index (χ0v) is 10.7. The molecule has 0 amide bonds. The molecule has 2 atom stereocenters. The summed E-state index contributed by atoms with van der Waals surface area (Å²) in [4.78, 5) is 12.3. The van der Waals surface area contributed by atoms with Crippen LogP contribution in [0.4, 0.5) is 0 Å². The molecule has 1 aliphatic rings. The molecule has 0 radical (unpaired) electrons. The highest BCUT2D eigenvalue weighted by atomic mass is 32.2. The summed E-state index contributed by atoms with van der Waals surface area (Å²) >= 11 is 1.67. The Hall–Kier alpha value is -1.36. The summed E-state index contributed by atoms with van der Waals surface area (Å²) < 4.78 is 0. The number of carbonyl (C=O) groups excluding carboxylic acids is 1. The quantitative estimate of drug-likeness (QED) is 0.813. The van der Waals surface area contributed by atoms with Gasteiger partial charge >= 0.3 is 0 Å². The third kappa shape index (κ3) is 2.72. The van der Waals surface area contributed by atoms with Crippen molar-refractivity contribution < 1.29 is 15.0 Å². The summed E-state index contributed by atoms with van der Waals surface area (Å²) in [7, 11) is 0. The van der Waals surface area contributed by atoms with Gasteiger partial charge in [0.05, 0.1) is 0 Å². The fourth-order valence-corrected chi connectivity index (χ4v) is 2.14. The van der Waals surface area contributed by atoms with Crippen LogP contribution >= 0.6 is 11.8 Å². The first-order chi connectivity index (χ1) is 8.61. The predicted octanol–water partition coefficient (Wildman–Crippen LogP) is 1.65. The highest BCUT2D eigenvalue weighted by Gasteiger charge is 2.31. The molecule has 2 N–H and O–H groups in total. The molecule has 0 saturated heterocycles. The van der Waals surface area contributed by atoms with Crippen LogP contribution in [-0.4, -0.2) is 34.5 Å². The van der Waals surface area contributed by atoms with Crippen LogP contribution in [0, 0.1) is 0 Å². The molecule has 94 valence electrons. The molecule has 3 nitrogen and oxygen atoms in total. The first-order valence-electron chi connectivity index (χ1n) is 5.55. The van der Waals surface area contributed by atoms with Crippen molar-refractivity contribution in [3.8, 4) is 0 Å². The molecule has 0 saturated carbocycles. The molecule has 1 aromatic rings. The van der Waals surface area contributed by atoms with Crippen molar-refractivity contribution in [2.24, 2.45) is 0 Å². The van der Waals surface area contributed by atoms with Gasteiger partial charge in [-0.15, -0.1) is 11.8 Å². The fraction of sp³-hybridized carbons (Fsp3) is 0.214. The number of hydrogen-bond donors (Lipinski definition) is 2. The molecule has 0 bridgehead atoms. The SMILES string of the molecule is CSc1ccc(/C=C/C2=CC(=O)[C@H](O)[C@H]2O)cc1. The Morgan fingerprint density at radius 2 is 1.78 bits per heavy atom. The van der Waals surface area contributed by atoms with Crippen LogP contribution in [0.15, 0.2) is 46.9 Å². The predicted molar refractivity (Wildman–Crippen MR) is 72.4 cm³/mol. The zero-order valence-electron chi connectivity index (χ0n) is 9.91. The van der Waals surface area contributed by atoms with E-state index in [0.717, 1.165) is 5.56 Å². The standard InChI is InChI=1S/C14H14O3S/c1-18-11-6-3-9(4-7-11)2-5-10-8-12(15)14(17)13(10)16/h2-8,13-14,16-17H,1H3/b5-2+/t13-,14-/m0/s1. The lowest BCUT2D eigenvalue weighted by molar-refractivity contribution is -0.124. The molecule has 1 aromatic carbocycles. The van der Waals surface area contributed by atoms with E-state index in [-0.39, 0.29) is 0 Å². The second kappa shape index (κ2) is 5.52. The Morgan fingerprint density at radius 1 is 1.11 bits per heavy atom. The van der Waals surface area contributed by atoms with Gasteiger partial charge in [0.25, 0.3) is 0 Å². The van der Waals surface area contributed by atoms with E-state index in [2.05, 4.69) is 0 Å². The summed E-state index contributed by atoms with van der Waals surface area (Å²) in [5.74, 6) is -0.445. The Labute approximate surface area is 110 Å². The highest BCUT2D eigenvalue weighted by Crippen LogP contribution is 2.20. The maximum absolute atomic E-state index is 11.2. The lowest BCUT2D eigenvalue weighted by Crippen LogP contribution is -2.27. The van der Waals surface area contributed by atoms with E-state index in [1.54, 1.807) is 17.8 Å². The second-order valence-electron chi connectivity index (χ2n) is 4.04. The molecule has 1 aliphatic carbocycles. The zero-order chi connectivity index (χ0) is 13.1. The van der Waals surface area contributed by atoms with Crippen LogP contribution in [-0.2, 0) is 4.79 Å². The normalized spacial score (nSPS) is 23.7. The van der Waals surface area contributed by atoms with Crippen molar-refractivity contribution in [2.45, 2.75) is 17.1 Å². The van der Waals surface area contributed by atoms with Crippen LogP contribution < -0.4 is 0 Å². The van der Waals surface area contributed by atoms with Crippen molar-refractivity contribution in [2.75, 3.05) is 6.26 Å². The maximum atomic E-state index is 11.2. The second-order valence-corrected chi connectivity index (χ2v) is 4.92. The summed E-state index contributed by atoms with van der Waals surface area (Å²) in [6.07, 6.45) is 4.33. The number of benzene rings is 1. The minimum atomic E-state index is -1.32. The number of thioether (sulfide) groups is 1. The number of ketones is 1. The van der Waals surface area contributed by atoms with Gasteiger partial charge in [0.2, 0.25) is 0 Å². The van der Waals surface area contributed by atoms with E-state index < -0.39 is 18.0 Å². The first-order valence-corrected chi connectivity index (χ1v) is 6.78. The minimum absolute atomic E-state index is 0.445. The van der Waals surface area contributed by atoms with Crippen molar-refractivity contribution in [1.29, 1.82) is 0 Å². The molecule has 0 aliphatic heterocycles. The lowest BCUT2D eigenvalue weighted by atomic mass is 10.1. The topological polar surface area (TPSA) is 57.5 Å². The number of rotatable bonds is 3. The molecule has 0 heterocycles. The van der Waals surface area contributed by atoms with E-state index in [0.29, 0.717) is 5.57 Å². The van der Waals surface area contributed by atoms with E-state index >= 15 is 0 Å². The molecule has 2 rings (SSSR count). The summed E-state index contributed by atoms with van der Waals surface area (Å²) in [6, 6.07) is 7.93. The van der Waals surface area contributed by atoms with Gasteiger partial charge in [0, 0.05) is 4.90 Å². The maximum Gasteiger partial charge on any atom is 0.187 e. The van der Waals surface area contributed by atoms with E-state index in [9.17, 15) is 15.0 Å². The Balaban J connectivity index is 2.11. The summed E-state index contributed by atoms with van der Waals surface area (Å²) in [6.45, 7) is 0. The molecule has 4 heteroatoms. The van der Waals surface area contributed by atoms with Gasteiger partial charge in [0.1, 0.15) is 12.2 Å². The van der Waals surface area contributed by atoms with Crippen LogP contribution in [0.1, 0.15) is 5.56 Å². The molecule has 0 unspecified atom stereocenters. The largest absolute Gasteiger partial charge is 0.385 e. The van der Waals surface area contributed by atoms with Gasteiger partial charge in [-0.25, -0.2) is 0 Å². The van der Waals surface area contributed by atoms with Gasteiger partial charge in [-0.1, -0.05) is 24.3 Å². The van der Waals surface area contributed by atoms with Crippen LogP contribution in [0.3, 0.4) is 0 Å². The molecule has 0 spiro atoms. The number of carbonyl (C=O) groups is 1. The van der Waals surface area contributed by atoms with Gasteiger partial charge in [-0.2, -0.15) is 0 Å².